The quantitative estimate of drug-likeness (QED) is 0.643. The molecule has 2 aromatic carbocycles. The first-order valence-electron chi connectivity index (χ1n) is 10.3. The first-order chi connectivity index (χ1) is 14.7. The zero-order chi connectivity index (χ0) is 22.6. The van der Waals surface area contributed by atoms with Crippen LogP contribution in [0, 0.1) is 5.82 Å². The molecule has 1 heterocycles. The lowest BCUT2D eigenvalue weighted by atomic mass is 10.1. The monoisotopic (exact) mass is 467 g/mol. The summed E-state index contributed by atoms with van der Waals surface area (Å²) in [5, 5.41) is 2.59. The number of hydrogen-bond acceptors (Lipinski definition) is 4. The maximum absolute atomic E-state index is 13.6. The van der Waals surface area contributed by atoms with Crippen LogP contribution in [0.1, 0.15) is 32.6 Å². The number of halogens is 2. The summed E-state index contributed by atoms with van der Waals surface area (Å²) in [6.07, 6.45) is 4.82. The van der Waals surface area contributed by atoms with E-state index in [0.29, 0.717) is 5.69 Å². The van der Waals surface area contributed by atoms with Gasteiger partial charge in [0, 0.05) is 24.5 Å². The van der Waals surface area contributed by atoms with Crippen LogP contribution in [0.3, 0.4) is 0 Å². The first-order valence-corrected chi connectivity index (χ1v) is 12.5. The Hall–Kier alpha value is -2.32. The molecule has 0 aromatic heterocycles. The fourth-order valence-corrected chi connectivity index (χ4v) is 5.19. The van der Waals surface area contributed by atoms with E-state index in [0.717, 1.165) is 35.4 Å². The van der Waals surface area contributed by atoms with Crippen LogP contribution in [0.2, 0.25) is 5.02 Å². The maximum atomic E-state index is 13.6. The fourth-order valence-electron chi connectivity index (χ4n) is 3.82. The van der Waals surface area contributed by atoms with Gasteiger partial charge in [0.05, 0.1) is 17.0 Å². The van der Waals surface area contributed by atoms with Gasteiger partial charge in [-0.1, -0.05) is 18.5 Å². The summed E-state index contributed by atoms with van der Waals surface area (Å²) in [5.74, 6) is -1.13. The molecule has 1 fully saturated rings. The summed E-state index contributed by atoms with van der Waals surface area (Å²) in [5.41, 5.74) is 1.81. The molecule has 0 radical (unpaired) electrons. The third-order valence-corrected chi connectivity index (χ3v) is 6.81. The van der Waals surface area contributed by atoms with Crippen LogP contribution >= 0.6 is 11.6 Å². The number of sulfonamides is 1. The van der Waals surface area contributed by atoms with Crippen LogP contribution in [0.4, 0.5) is 21.5 Å². The summed E-state index contributed by atoms with van der Waals surface area (Å²) < 4.78 is 39.6. The van der Waals surface area contributed by atoms with Gasteiger partial charge in [0.25, 0.3) is 0 Å². The largest absolute Gasteiger partial charge is 0.372 e. The standard InChI is InChI=1S/C22H27ClFN3O3S/c1-3-21(27(31(2,29)30)18-11-12-20(24)19(23)15-18)22(28)25-16-7-9-17(10-8-16)26-13-5-4-6-14-26/h7-12,15,21H,3-6,13-14H2,1-2H3,(H,25,28)/t21-/m0/s1. The molecule has 6 nitrogen and oxygen atoms in total. The number of nitrogens with one attached hydrogen (secondary N) is 1. The number of amides is 1. The molecule has 0 bridgehead atoms. The highest BCUT2D eigenvalue weighted by Gasteiger charge is 2.32. The average molecular weight is 468 g/mol. The van der Waals surface area contributed by atoms with Crippen molar-refractivity contribution in [2.45, 2.75) is 38.6 Å². The molecule has 1 saturated heterocycles. The molecule has 0 aliphatic carbocycles. The van der Waals surface area contributed by atoms with Gasteiger partial charge in [0.1, 0.15) is 11.9 Å². The number of piperidine rings is 1. The van der Waals surface area contributed by atoms with Crippen molar-refractivity contribution in [1.29, 1.82) is 0 Å². The molecular formula is C22H27ClFN3O3S. The van der Waals surface area contributed by atoms with Crippen molar-refractivity contribution in [1.82, 2.24) is 0 Å². The Morgan fingerprint density at radius 1 is 1.16 bits per heavy atom. The first kappa shape index (κ1) is 23.3. The topological polar surface area (TPSA) is 69.7 Å². The molecule has 0 spiro atoms. The zero-order valence-corrected chi connectivity index (χ0v) is 19.2. The van der Waals surface area contributed by atoms with E-state index in [9.17, 15) is 17.6 Å². The van der Waals surface area contributed by atoms with E-state index < -0.39 is 27.8 Å². The normalized spacial score (nSPS) is 15.4. The second-order valence-electron chi connectivity index (χ2n) is 7.67. The molecule has 31 heavy (non-hydrogen) atoms. The molecular weight excluding hydrogens is 441 g/mol. The van der Waals surface area contributed by atoms with Gasteiger partial charge < -0.3 is 10.2 Å². The van der Waals surface area contributed by atoms with Gasteiger partial charge in [-0.25, -0.2) is 12.8 Å². The smallest absolute Gasteiger partial charge is 0.248 e. The molecule has 2 aromatic rings. The van der Waals surface area contributed by atoms with Crippen LogP contribution in [0.25, 0.3) is 0 Å². The average Bonchev–Trinajstić information content (AvgIpc) is 2.74. The van der Waals surface area contributed by atoms with Crippen molar-refractivity contribution in [2.24, 2.45) is 0 Å². The minimum absolute atomic E-state index is 0.136. The van der Waals surface area contributed by atoms with Crippen molar-refractivity contribution in [2.75, 3.05) is 33.9 Å². The Morgan fingerprint density at radius 2 is 1.81 bits per heavy atom. The van der Waals surface area contributed by atoms with Crippen LogP contribution in [0.15, 0.2) is 42.5 Å². The van der Waals surface area contributed by atoms with Crippen molar-refractivity contribution in [3.63, 3.8) is 0 Å². The Morgan fingerprint density at radius 3 is 2.35 bits per heavy atom. The van der Waals surface area contributed by atoms with E-state index >= 15 is 0 Å². The molecule has 1 aliphatic heterocycles. The number of carbonyl (C=O) groups is 1. The number of carbonyl (C=O) groups excluding carboxylic acids is 1. The highest BCUT2D eigenvalue weighted by molar-refractivity contribution is 7.92. The van der Waals surface area contributed by atoms with Gasteiger partial charge in [-0.3, -0.25) is 9.10 Å². The molecule has 1 aliphatic rings. The Labute approximate surface area is 188 Å². The highest BCUT2D eigenvalue weighted by Crippen LogP contribution is 2.28. The van der Waals surface area contributed by atoms with Crippen LogP contribution < -0.4 is 14.5 Å². The third kappa shape index (κ3) is 5.68. The fraction of sp³-hybridized carbons (Fsp3) is 0.409. The highest BCUT2D eigenvalue weighted by atomic mass is 35.5. The molecule has 1 N–H and O–H groups in total. The minimum atomic E-state index is -3.83. The second kappa shape index (κ2) is 9.87. The minimum Gasteiger partial charge on any atom is -0.372 e. The number of benzene rings is 2. The van der Waals surface area contributed by atoms with E-state index in [-0.39, 0.29) is 17.1 Å². The number of anilines is 3. The van der Waals surface area contributed by atoms with E-state index in [2.05, 4.69) is 10.2 Å². The second-order valence-corrected chi connectivity index (χ2v) is 9.93. The number of rotatable bonds is 7. The molecule has 1 atom stereocenters. The van der Waals surface area contributed by atoms with E-state index in [1.165, 1.54) is 31.4 Å². The summed E-state index contributed by atoms with van der Waals surface area (Å²) >= 11 is 5.84. The predicted molar refractivity (Wildman–Crippen MR) is 124 cm³/mol. The lowest BCUT2D eigenvalue weighted by Gasteiger charge is -2.30. The molecule has 1 amide bonds. The Bertz CT molecular complexity index is 1020. The molecule has 3 rings (SSSR count). The van der Waals surface area contributed by atoms with Crippen LogP contribution in [0.5, 0.6) is 0 Å². The van der Waals surface area contributed by atoms with E-state index in [4.69, 9.17) is 11.6 Å². The predicted octanol–water partition coefficient (Wildman–Crippen LogP) is 4.65. The molecule has 168 valence electrons. The molecule has 0 unspecified atom stereocenters. The van der Waals surface area contributed by atoms with Crippen molar-refractivity contribution in [3.05, 3.63) is 53.3 Å². The molecule has 9 heteroatoms. The van der Waals surface area contributed by atoms with Crippen LogP contribution in [-0.4, -0.2) is 39.7 Å². The lowest BCUT2D eigenvalue weighted by Crippen LogP contribution is -2.47. The summed E-state index contributed by atoms with van der Waals surface area (Å²) in [4.78, 5) is 15.3. The van der Waals surface area contributed by atoms with Gasteiger partial charge in [-0.15, -0.1) is 0 Å². The Kier molecular flexibility index (Phi) is 7.43. The maximum Gasteiger partial charge on any atom is 0.248 e. The Balaban J connectivity index is 1.80. The number of hydrogen-bond donors (Lipinski definition) is 1. The van der Waals surface area contributed by atoms with Crippen molar-refractivity contribution in [3.8, 4) is 0 Å². The zero-order valence-electron chi connectivity index (χ0n) is 17.6. The lowest BCUT2D eigenvalue weighted by molar-refractivity contribution is -0.117. The van der Waals surface area contributed by atoms with Gasteiger partial charge in [0.2, 0.25) is 15.9 Å². The van der Waals surface area contributed by atoms with Crippen LogP contribution in [-0.2, 0) is 14.8 Å². The van der Waals surface area contributed by atoms with Gasteiger partial charge in [-0.05, 0) is 68.1 Å². The van der Waals surface area contributed by atoms with Gasteiger partial charge in [-0.2, -0.15) is 0 Å². The van der Waals surface area contributed by atoms with E-state index in [1.54, 1.807) is 6.92 Å². The van der Waals surface area contributed by atoms with Gasteiger partial charge >= 0.3 is 0 Å². The summed E-state index contributed by atoms with van der Waals surface area (Å²) in [6, 6.07) is 10.1. The number of nitrogens with zero attached hydrogens (tertiary/aromatic N) is 2. The molecule has 0 saturated carbocycles. The third-order valence-electron chi connectivity index (χ3n) is 5.34. The summed E-state index contributed by atoms with van der Waals surface area (Å²) in [7, 11) is -3.83. The van der Waals surface area contributed by atoms with E-state index in [1.807, 2.05) is 24.3 Å². The summed E-state index contributed by atoms with van der Waals surface area (Å²) in [6.45, 7) is 3.76. The van der Waals surface area contributed by atoms with Gasteiger partial charge in [0.15, 0.2) is 0 Å². The van der Waals surface area contributed by atoms with Crippen molar-refractivity contribution >= 4 is 44.6 Å². The SMILES string of the molecule is CC[C@@H](C(=O)Nc1ccc(N2CCCCC2)cc1)N(c1ccc(F)c(Cl)c1)S(C)(=O)=O. The van der Waals surface area contributed by atoms with Crippen molar-refractivity contribution < 1.29 is 17.6 Å².